The summed E-state index contributed by atoms with van der Waals surface area (Å²) in [5, 5.41) is 19.3. The van der Waals surface area contributed by atoms with Crippen molar-refractivity contribution in [3.05, 3.63) is 53.1 Å². The van der Waals surface area contributed by atoms with Crippen LogP contribution < -0.4 is 4.74 Å². The number of phenolic OH excluding ortho intramolecular Hbond substituents is 2. The second-order valence-electron chi connectivity index (χ2n) is 3.53. The van der Waals surface area contributed by atoms with E-state index in [1.807, 2.05) is 18.2 Å². The number of benzene rings is 2. The smallest absolute Gasteiger partial charge is 0.161 e. The van der Waals surface area contributed by atoms with Crippen LogP contribution in [-0.4, -0.2) is 10.2 Å². The van der Waals surface area contributed by atoms with Crippen LogP contribution in [0.1, 0.15) is 5.56 Å². The van der Waals surface area contributed by atoms with Crippen LogP contribution >= 0.6 is 11.6 Å². The zero-order valence-electron chi connectivity index (χ0n) is 8.93. The first-order valence-corrected chi connectivity index (χ1v) is 5.43. The zero-order chi connectivity index (χ0) is 12.3. The van der Waals surface area contributed by atoms with E-state index >= 15 is 0 Å². The van der Waals surface area contributed by atoms with Gasteiger partial charge in [-0.1, -0.05) is 29.8 Å². The van der Waals surface area contributed by atoms with E-state index in [1.165, 1.54) is 18.2 Å². The summed E-state index contributed by atoms with van der Waals surface area (Å²) in [6.07, 6.45) is 0. The molecule has 3 nitrogen and oxygen atoms in total. The minimum Gasteiger partial charge on any atom is -0.508 e. The molecule has 0 fully saturated rings. The summed E-state index contributed by atoms with van der Waals surface area (Å²) >= 11 is 5.97. The molecule has 0 heterocycles. The van der Waals surface area contributed by atoms with Crippen LogP contribution in [0.15, 0.2) is 42.5 Å². The highest BCUT2D eigenvalue weighted by molar-refractivity contribution is 6.31. The van der Waals surface area contributed by atoms with Crippen LogP contribution in [0, 0.1) is 0 Å². The number of rotatable bonds is 3. The van der Waals surface area contributed by atoms with Crippen molar-refractivity contribution in [3.8, 4) is 17.2 Å². The highest BCUT2D eigenvalue weighted by Crippen LogP contribution is 2.30. The number of phenols is 2. The predicted octanol–water partition coefficient (Wildman–Crippen LogP) is 3.33. The summed E-state index contributed by atoms with van der Waals surface area (Å²) in [4.78, 5) is 0. The quantitative estimate of drug-likeness (QED) is 0.879. The molecule has 0 spiro atoms. The standard InChI is InChI=1S/C13H11ClO3/c14-11-4-2-1-3-9(11)8-17-13-6-5-10(15)7-12(13)16/h1-7,15-16H,8H2. The van der Waals surface area contributed by atoms with Crippen LogP contribution in [-0.2, 0) is 6.61 Å². The summed E-state index contributed by atoms with van der Waals surface area (Å²) in [7, 11) is 0. The van der Waals surface area contributed by atoms with Gasteiger partial charge in [-0.15, -0.1) is 0 Å². The van der Waals surface area contributed by atoms with E-state index in [1.54, 1.807) is 6.07 Å². The Morgan fingerprint density at radius 1 is 1.06 bits per heavy atom. The number of ether oxygens (including phenoxy) is 1. The second-order valence-corrected chi connectivity index (χ2v) is 3.94. The van der Waals surface area contributed by atoms with Gasteiger partial charge in [0.1, 0.15) is 12.4 Å². The molecule has 0 amide bonds. The monoisotopic (exact) mass is 250 g/mol. The SMILES string of the molecule is Oc1ccc(OCc2ccccc2Cl)c(O)c1. The summed E-state index contributed by atoms with van der Waals surface area (Å²) < 4.78 is 5.41. The second kappa shape index (κ2) is 4.97. The van der Waals surface area contributed by atoms with Gasteiger partial charge >= 0.3 is 0 Å². The lowest BCUT2D eigenvalue weighted by Gasteiger charge is -2.09. The summed E-state index contributed by atoms with van der Waals surface area (Å²) in [6.45, 7) is 0.262. The first-order valence-electron chi connectivity index (χ1n) is 5.05. The Morgan fingerprint density at radius 2 is 1.82 bits per heavy atom. The van der Waals surface area contributed by atoms with Gasteiger partial charge in [-0.3, -0.25) is 0 Å². The Hall–Kier alpha value is -1.87. The molecule has 4 heteroatoms. The van der Waals surface area contributed by atoms with E-state index in [9.17, 15) is 5.11 Å². The van der Waals surface area contributed by atoms with Crippen LogP contribution in [0.25, 0.3) is 0 Å². The van der Waals surface area contributed by atoms with Crippen molar-refractivity contribution in [3.63, 3.8) is 0 Å². The van der Waals surface area contributed by atoms with E-state index in [0.717, 1.165) is 5.56 Å². The molecule has 0 atom stereocenters. The molecule has 2 rings (SSSR count). The van der Waals surface area contributed by atoms with Gasteiger partial charge in [0.15, 0.2) is 11.5 Å². The van der Waals surface area contributed by atoms with E-state index < -0.39 is 0 Å². The lowest BCUT2D eigenvalue weighted by molar-refractivity contribution is 0.288. The fourth-order valence-corrected chi connectivity index (χ4v) is 1.59. The van der Waals surface area contributed by atoms with Crippen molar-refractivity contribution >= 4 is 11.6 Å². The van der Waals surface area contributed by atoms with Crippen LogP contribution in [0.2, 0.25) is 5.02 Å². The molecule has 2 aromatic carbocycles. The average molecular weight is 251 g/mol. The maximum absolute atomic E-state index is 9.52. The van der Waals surface area contributed by atoms with Gasteiger partial charge in [0.05, 0.1) is 0 Å². The van der Waals surface area contributed by atoms with E-state index in [-0.39, 0.29) is 18.1 Å². The van der Waals surface area contributed by atoms with E-state index in [0.29, 0.717) is 10.8 Å². The highest BCUT2D eigenvalue weighted by Gasteiger charge is 2.05. The molecular formula is C13H11ClO3. The van der Waals surface area contributed by atoms with Crippen molar-refractivity contribution in [1.82, 2.24) is 0 Å². The lowest BCUT2D eigenvalue weighted by Crippen LogP contribution is -1.96. The molecule has 2 aromatic rings. The first-order chi connectivity index (χ1) is 8.16. The van der Waals surface area contributed by atoms with Gasteiger partial charge in [-0.25, -0.2) is 0 Å². The summed E-state index contributed by atoms with van der Waals surface area (Å²) in [5.74, 6) is 0.201. The molecule has 0 aliphatic carbocycles. The molecule has 17 heavy (non-hydrogen) atoms. The Kier molecular flexibility index (Phi) is 3.40. The molecule has 0 bridgehead atoms. The maximum Gasteiger partial charge on any atom is 0.161 e. The molecule has 0 saturated heterocycles. The Bertz CT molecular complexity index is 526. The van der Waals surface area contributed by atoms with Gasteiger partial charge in [0, 0.05) is 16.7 Å². The third kappa shape index (κ3) is 2.82. The topological polar surface area (TPSA) is 49.7 Å². The predicted molar refractivity (Wildman–Crippen MR) is 65.6 cm³/mol. The third-order valence-electron chi connectivity index (χ3n) is 2.28. The first kappa shape index (κ1) is 11.6. The van der Waals surface area contributed by atoms with Gasteiger partial charge in [0.2, 0.25) is 0 Å². The number of halogens is 1. The van der Waals surface area contributed by atoms with Crippen LogP contribution in [0.5, 0.6) is 17.2 Å². The Morgan fingerprint density at radius 3 is 2.53 bits per heavy atom. The zero-order valence-corrected chi connectivity index (χ0v) is 9.69. The fourth-order valence-electron chi connectivity index (χ4n) is 1.40. The minimum atomic E-state index is -0.1000. The normalized spacial score (nSPS) is 10.2. The summed E-state index contributed by atoms with van der Waals surface area (Å²) in [5.41, 5.74) is 0.835. The molecular weight excluding hydrogens is 240 g/mol. The molecule has 88 valence electrons. The highest BCUT2D eigenvalue weighted by atomic mass is 35.5. The van der Waals surface area contributed by atoms with E-state index in [2.05, 4.69) is 0 Å². The van der Waals surface area contributed by atoms with Gasteiger partial charge in [-0.05, 0) is 18.2 Å². The Balaban J connectivity index is 2.10. The Labute approximate surface area is 104 Å². The summed E-state index contributed by atoms with van der Waals surface area (Å²) in [6, 6.07) is 11.5. The lowest BCUT2D eigenvalue weighted by atomic mass is 10.2. The molecule has 2 N–H and O–H groups in total. The number of aromatic hydroxyl groups is 2. The van der Waals surface area contributed by atoms with Gasteiger partial charge in [-0.2, -0.15) is 0 Å². The average Bonchev–Trinajstić information content (AvgIpc) is 2.30. The molecule has 0 aliphatic heterocycles. The molecule has 0 saturated carbocycles. The van der Waals surface area contributed by atoms with Gasteiger partial charge < -0.3 is 14.9 Å². The fraction of sp³-hybridized carbons (Fsp3) is 0.0769. The number of hydrogen-bond acceptors (Lipinski definition) is 3. The molecule has 0 unspecified atom stereocenters. The van der Waals surface area contributed by atoms with Crippen molar-refractivity contribution in [2.24, 2.45) is 0 Å². The van der Waals surface area contributed by atoms with Crippen LogP contribution in [0.4, 0.5) is 0 Å². The van der Waals surface area contributed by atoms with Crippen molar-refractivity contribution in [2.75, 3.05) is 0 Å². The van der Waals surface area contributed by atoms with Crippen molar-refractivity contribution < 1.29 is 14.9 Å². The minimum absolute atomic E-state index is 0.00686. The largest absolute Gasteiger partial charge is 0.508 e. The van der Waals surface area contributed by atoms with Crippen molar-refractivity contribution in [1.29, 1.82) is 0 Å². The van der Waals surface area contributed by atoms with Gasteiger partial charge in [0.25, 0.3) is 0 Å². The molecule has 0 aromatic heterocycles. The third-order valence-corrected chi connectivity index (χ3v) is 2.65. The van der Waals surface area contributed by atoms with Crippen LogP contribution in [0.3, 0.4) is 0 Å². The van der Waals surface area contributed by atoms with E-state index in [4.69, 9.17) is 21.4 Å². The number of hydrogen-bond donors (Lipinski definition) is 2. The molecule has 0 aliphatic rings. The molecule has 0 radical (unpaired) electrons. The van der Waals surface area contributed by atoms with Crippen molar-refractivity contribution in [2.45, 2.75) is 6.61 Å². The maximum atomic E-state index is 9.52.